The molecule has 2 aromatic carbocycles. The molecule has 4 aromatic rings. The predicted molar refractivity (Wildman–Crippen MR) is 88.3 cm³/mol. The summed E-state index contributed by atoms with van der Waals surface area (Å²) in [5.41, 5.74) is 2.03. The molecule has 4 rings (SSSR count). The molecule has 0 amide bonds. The summed E-state index contributed by atoms with van der Waals surface area (Å²) in [7, 11) is 0. The van der Waals surface area contributed by atoms with Gasteiger partial charge in [-0.2, -0.15) is 0 Å². The smallest absolute Gasteiger partial charge is 0.277 e. The topological polar surface area (TPSA) is 51.8 Å². The highest BCUT2D eigenvalue weighted by molar-refractivity contribution is 7.21. The van der Waals surface area contributed by atoms with E-state index in [1.54, 1.807) is 17.4 Å². The molecular formula is C17H11N3OS. The van der Waals surface area contributed by atoms with Gasteiger partial charge < -0.3 is 4.42 Å². The van der Waals surface area contributed by atoms with Crippen molar-refractivity contribution in [3.05, 3.63) is 66.1 Å². The van der Waals surface area contributed by atoms with Gasteiger partial charge in [0.2, 0.25) is 5.89 Å². The van der Waals surface area contributed by atoms with Crippen LogP contribution >= 0.6 is 11.3 Å². The normalized spacial score (nSPS) is 11.5. The number of para-hydroxylation sites is 1. The average Bonchev–Trinajstić information content (AvgIpc) is 3.20. The highest BCUT2D eigenvalue weighted by Crippen LogP contribution is 2.29. The number of rotatable bonds is 3. The molecule has 106 valence electrons. The Morgan fingerprint density at radius 3 is 2.55 bits per heavy atom. The van der Waals surface area contributed by atoms with Crippen molar-refractivity contribution >= 4 is 33.7 Å². The Labute approximate surface area is 130 Å². The van der Waals surface area contributed by atoms with Gasteiger partial charge in [-0.05, 0) is 23.8 Å². The molecule has 0 aliphatic rings. The van der Waals surface area contributed by atoms with Crippen molar-refractivity contribution in [2.45, 2.75) is 0 Å². The Balaban J connectivity index is 1.62. The Kier molecular flexibility index (Phi) is 3.25. The summed E-state index contributed by atoms with van der Waals surface area (Å²) >= 11 is 1.55. The van der Waals surface area contributed by atoms with E-state index in [1.165, 1.54) is 0 Å². The quantitative estimate of drug-likeness (QED) is 0.558. The lowest BCUT2D eigenvalue weighted by Gasteiger charge is -1.89. The van der Waals surface area contributed by atoms with E-state index in [9.17, 15) is 0 Å². The van der Waals surface area contributed by atoms with Gasteiger partial charge in [0.15, 0.2) is 5.01 Å². The third-order valence-electron chi connectivity index (χ3n) is 3.14. The Hall–Kier alpha value is -2.79. The molecule has 22 heavy (non-hydrogen) atoms. The Bertz CT molecular complexity index is 908. The lowest BCUT2D eigenvalue weighted by molar-refractivity contribution is 0.557. The number of benzene rings is 2. The summed E-state index contributed by atoms with van der Waals surface area (Å²) in [6.07, 6.45) is 3.74. The summed E-state index contributed by atoms with van der Waals surface area (Å²) in [4.78, 5) is 4.51. The first-order valence-electron chi connectivity index (χ1n) is 6.81. The molecule has 0 radical (unpaired) electrons. The second-order valence-electron chi connectivity index (χ2n) is 4.68. The SMILES string of the molecule is C(=C\c1nnc(-c2nc3ccccc3s2)o1)/c1ccccc1. The standard InChI is InChI=1S/C17H11N3OS/c1-2-6-12(7-3-1)10-11-15-19-20-16(21-15)17-18-13-8-4-5-9-14(13)22-17/h1-11H/b11-10+. The van der Waals surface area contributed by atoms with Gasteiger partial charge in [-0.25, -0.2) is 4.98 Å². The summed E-state index contributed by atoms with van der Waals surface area (Å²) < 4.78 is 6.77. The van der Waals surface area contributed by atoms with Gasteiger partial charge in [-0.15, -0.1) is 21.5 Å². The molecule has 0 aliphatic heterocycles. The molecular weight excluding hydrogens is 294 g/mol. The summed E-state index contributed by atoms with van der Waals surface area (Å²) in [6, 6.07) is 17.9. The van der Waals surface area contributed by atoms with E-state index < -0.39 is 0 Å². The fraction of sp³-hybridized carbons (Fsp3) is 0. The number of thiazole rings is 1. The number of hydrogen-bond acceptors (Lipinski definition) is 5. The highest BCUT2D eigenvalue weighted by Gasteiger charge is 2.12. The predicted octanol–water partition coefficient (Wildman–Crippen LogP) is 4.52. The van der Waals surface area contributed by atoms with Crippen molar-refractivity contribution in [1.82, 2.24) is 15.2 Å². The fourth-order valence-corrected chi connectivity index (χ4v) is 2.97. The van der Waals surface area contributed by atoms with Crippen molar-refractivity contribution in [2.24, 2.45) is 0 Å². The van der Waals surface area contributed by atoms with Gasteiger partial charge >= 0.3 is 0 Å². The van der Waals surface area contributed by atoms with Crippen LogP contribution in [0.1, 0.15) is 11.5 Å². The molecule has 0 fully saturated rings. The van der Waals surface area contributed by atoms with Crippen LogP contribution in [0.5, 0.6) is 0 Å². The molecule has 5 heteroatoms. The third kappa shape index (κ3) is 2.54. The zero-order valence-corrected chi connectivity index (χ0v) is 12.3. The molecule has 0 spiro atoms. The molecule has 0 atom stereocenters. The Morgan fingerprint density at radius 2 is 1.68 bits per heavy atom. The molecule has 0 saturated heterocycles. The van der Waals surface area contributed by atoms with E-state index in [1.807, 2.05) is 60.7 Å². The van der Waals surface area contributed by atoms with Crippen LogP contribution in [0.15, 0.2) is 59.0 Å². The van der Waals surface area contributed by atoms with Crippen LogP contribution in [0.25, 0.3) is 33.3 Å². The van der Waals surface area contributed by atoms with Crippen molar-refractivity contribution in [2.75, 3.05) is 0 Å². The van der Waals surface area contributed by atoms with Crippen LogP contribution in [-0.2, 0) is 0 Å². The molecule has 4 nitrogen and oxygen atoms in total. The lowest BCUT2D eigenvalue weighted by Crippen LogP contribution is -1.74. The van der Waals surface area contributed by atoms with E-state index >= 15 is 0 Å². The summed E-state index contributed by atoms with van der Waals surface area (Å²) in [5.74, 6) is 0.923. The van der Waals surface area contributed by atoms with E-state index in [-0.39, 0.29) is 0 Å². The maximum Gasteiger partial charge on any atom is 0.277 e. The van der Waals surface area contributed by atoms with Crippen molar-refractivity contribution in [1.29, 1.82) is 0 Å². The molecule has 0 bridgehead atoms. The number of hydrogen-bond donors (Lipinski definition) is 0. The van der Waals surface area contributed by atoms with Crippen LogP contribution in [0.3, 0.4) is 0 Å². The number of aromatic nitrogens is 3. The second-order valence-corrected chi connectivity index (χ2v) is 5.71. The third-order valence-corrected chi connectivity index (χ3v) is 4.16. The number of fused-ring (bicyclic) bond motifs is 1. The van der Waals surface area contributed by atoms with Crippen LogP contribution in [-0.4, -0.2) is 15.2 Å². The van der Waals surface area contributed by atoms with Crippen LogP contribution in [0.4, 0.5) is 0 Å². The minimum Gasteiger partial charge on any atom is -0.415 e. The average molecular weight is 305 g/mol. The maximum absolute atomic E-state index is 5.66. The minimum atomic E-state index is 0.453. The maximum atomic E-state index is 5.66. The zero-order chi connectivity index (χ0) is 14.8. The molecule has 0 aliphatic carbocycles. The van der Waals surface area contributed by atoms with Gasteiger partial charge in [0.05, 0.1) is 10.2 Å². The largest absolute Gasteiger partial charge is 0.415 e. The molecule has 0 unspecified atom stereocenters. The van der Waals surface area contributed by atoms with Crippen molar-refractivity contribution in [3.63, 3.8) is 0 Å². The Morgan fingerprint density at radius 1 is 0.864 bits per heavy atom. The van der Waals surface area contributed by atoms with Crippen molar-refractivity contribution in [3.8, 4) is 10.9 Å². The highest BCUT2D eigenvalue weighted by atomic mass is 32.1. The molecule has 0 saturated carbocycles. The molecule has 0 N–H and O–H groups in total. The van der Waals surface area contributed by atoms with Crippen LogP contribution < -0.4 is 0 Å². The van der Waals surface area contributed by atoms with E-state index in [0.29, 0.717) is 11.8 Å². The molecule has 2 aromatic heterocycles. The van der Waals surface area contributed by atoms with Gasteiger partial charge in [-0.1, -0.05) is 42.5 Å². The van der Waals surface area contributed by atoms with E-state index in [2.05, 4.69) is 15.2 Å². The number of nitrogens with zero attached hydrogens (tertiary/aromatic N) is 3. The lowest BCUT2D eigenvalue weighted by atomic mass is 10.2. The van der Waals surface area contributed by atoms with E-state index in [0.717, 1.165) is 20.8 Å². The van der Waals surface area contributed by atoms with Gasteiger partial charge in [0.25, 0.3) is 5.89 Å². The first kappa shape index (κ1) is 12.9. The minimum absolute atomic E-state index is 0.453. The summed E-state index contributed by atoms with van der Waals surface area (Å²) in [5, 5.41) is 8.86. The van der Waals surface area contributed by atoms with Gasteiger partial charge in [0, 0.05) is 6.08 Å². The van der Waals surface area contributed by atoms with Crippen LogP contribution in [0, 0.1) is 0 Å². The fourth-order valence-electron chi connectivity index (χ4n) is 2.08. The van der Waals surface area contributed by atoms with Gasteiger partial charge in [-0.3, -0.25) is 0 Å². The molecule has 2 heterocycles. The second kappa shape index (κ2) is 5.54. The first-order valence-corrected chi connectivity index (χ1v) is 7.63. The zero-order valence-electron chi connectivity index (χ0n) is 11.5. The van der Waals surface area contributed by atoms with Crippen molar-refractivity contribution < 1.29 is 4.42 Å². The monoisotopic (exact) mass is 305 g/mol. The van der Waals surface area contributed by atoms with Gasteiger partial charge in [0.1, 0.15) is 0 Å². The summed E-state index contributed by atoms with van der Waals surface area (Å²) in [6.45, 7) is 0. The first-order chi connectivity index (χ1) is 10.9. The van der Waals surface area contributed by atoms with E-state index in [4.69, 9.17) is 4.42 Å². The van der Waals surface area contributed by atoms with Crippen LogP contribution in [0.2, 0.25) is 0 Å².